The van der Waals surface area contributed by atoms with Crippen LogP contribution in [0.25, 0.3) is 0 Å². The van der Waals surface area contributed by atoms with Crippen molar-refractivity contribution in [3.8, 4) is 0 Å². The lowest BCUT2D eigenvalue weighted by molar-refractivity contribution is 0.105. The summed E-state index contributed by atoms with van der Waals surface area (Å²) in [5.41, 5.74) is 7.37. The molecule has 3 N–H and O–H groups in total. The van der Waals surface area contributed by atoms with Crippen LogP contribution in [-0.2, 0) is 14.8 Å². The average molecular weight is 478 g/mol. The van der Waals surface area contributed by atoms with Gasteiger partial charge in [-0.3, -0.25) is 0 Å². The molecule has 12 heteroatoms. The number of nitrogens with one attached hydrogen (secondary N) is 1. The normalized spacial score (nSPS) is 14.4. The first-order valence-electron chi connectivity index (χ1n) is 11.0. The van der Waals surface area contributed by atoms with Crippen molar-refractivity contribution in [1.29, 1.82) is 0 Å². The highest BCUT2D eigenvalue weighted by molar-refractivity contribution is 7.89. The number of sulfonamides is 1. The Balaban J connectivity index is 1.71. The molecule has 1 aromatic heterocycles. The van der Waals surface area contributed by atoms with Crippen molar-refractivity contribution >= 4 is 39.1 Å². The van der Waals surface area contributed by atoms with Gasteiger partial charge in [0.1, 0.15) is 12.0 Å². The van der Waals surface area contributed by atoms with Gasteiger partial charge in [0.15, 0.2) is 11.6 Å². The minimum Gasteiger partial charge on any atom is -0.450 e. The SMILES string of the molecule is CCOC(=O)N1CCN(c2ncnc(Nc3ccc(S(=O)(=O)N(CC)CC)cc3)c2N)CC1. The number of carbonyl (C=O) groups excluding carboxylic acids is 1. The van der Waals surface area contributed by atoms with Crippen molar-refractivity contribution in [2.75, 3.05) is 61.8 Å². The molecule has 180 valence electrons. The highest BCUT2D eigenvalue weighted by Crippen LogP contribution is 2.29. The number of amides is 1. The van der Waals surface area contributed by atoms with Crippen LogP contribution in [0.3, 0.4) is 0 Å². The molecule has 0 unspecified atom stereocenters. The lowest BCUT2D eigenvalue weighted by atomic mass is 10.3. The zero-order valence-electron chi connectivity index (χ0n) is 19.2. The van der Waals surface area contributed by atoms with Gasteiger partial charge in [0.25, 0.3) is 0 Å². The minimum atomic E-state index is -3.52. The molecule has 2 aromatic rings. The van der Waals surface area contributed by atoms with Gasteiger partial charge in [-0.15, -0.1) is 0 Å². The number of ether oxygens (including phenoxy) is 1. The van der Waals surface area contributed by atoms with Gasteiger partial charge in [0.05, 0.1) is 11.5 Å². The summed E-state index contributed by atoms with van der Waals surface area (Å²) in [4.78, 5) is 24.4. The number of aromatic nitrogens is 2. The Hall–Kier alpha value is -3.12. The lowest BCUT2D eigenvalue weighted by Crippen LogP contribution is -2.49. The van der Waals surface area contributed by atoms with Crippen molar-refractivity contribution in [1.82, 2.24) is 19.2 Å². The van der Waals surface area contributed by atoms with Gasteiger partial charge in [-0.25, -0.2) is 23.2 Å². The van der Waals surface area contributed by atoms with Gasteiger partial charge >= 0.3 is 6.09 Å². The summed E-state index contributed by atoms with van der Waals surface area (Å²) in [6.45, 7) is 8.71. The second-order valence-electron chi connectivity index (χ2n) is 7.37. The highest BCUT2D eigenvalue weighted by atomic mass is 32.2. The number of nitrogens with zero attached hydrogens (tertiary/aromatic N) is 5. The fourth-order valence-electron chi connectivity index (χ4n) is 3.61. The number of nitrogen functional groups attached to an aromatic ring is 1. The Labute approximate surface area is 194 Å². The Morgan fingerprint density at radius 3 is 2.30 bits per heavy atom. The maximum atomic E-state index is 12.7. The van der Waals surface area contributed by atoms with Crippen LogP contribution in [0, 0.1) is 0 Å². The number of rotatable bonds is 8. The van der Waals surface area contributed by atoms with Gasteiger partial charge in [-0.2, -0.15) is 4.31 Å². The predicted octanol–water partition coefficient (Wildman–Crippen LogP) is 2.11. The smallest absolute Gasteiger partial charge is 0.409 e. The quantitative estimate of drug-likeness (QED) is 0.586. The number of hydrogen-bond acceptors (Lipinski definition) is 9. The number of anilines is 4. The second-order valence-corrected chi connectivity index (χ2v) is 9.31. The summed E-state index contributed by atoms with van der Waals surface area (Å²) >= 11 is 0. The van der Waals surface area contributed by atoms with E-state index in [0.29, 0.717) is 68.9 Å². The van der Waals surface area contributed by atoms with E-state index in [1.807, 2.05) is 18.7 Å². The van der Waals surface area contributed by atoms with E-state index in [1.54, 1.807) is 36.1 Å². The fraction of sp³-hybridized carbons (Fsp3) is 0.476. The third-order valence-corrected chi connectivity index (χ3v) is 7.49. The van der Waals surface area contributed by atoms with Crippen LogP contribution >= 0.6 is 0 Å². The number of benzene rings is 1. The van der Waals surface area contributed by atoms with E-state index in [2.05, 4.69) is 15.3 Å². The Kier molecular flexibility index (Phi) is 7.92. The monoisotopic (exact) mass is 477 g/mol. The van der Waals surface area contributed by atoms with Gasteiger partial charge in [0.2, 0.25) is 10.0 Å². The summed E-state index contributed by atoms with van der Waals surface area (Å²) in [6, 6.07) is 6.47. The molecule has 1 fully saturated rings. The van der Waals surface area contributed by atoms with E-state index >= 15 is 0 Å². The van der Waals surface area contributed by atoms with E-state index in [9.17, 15) is 13.2 Å². The lowest BCUT2D eigenvalue weighted by Gasteiger charge is -2.35. The van der Waals surface area contributed by atoms with Crippen LogP contribution in [0.5, 0.6) is 0 Å². The van der Waals surface area contributed by atoms with E-state index in [1.165, 1.54) is 10.6 Å². The van der Waals surface area contributed by atoms with Gasteiger partial charge in [-0.1, -0.05) is 13.8 Å². The molecule has 0 aliphatic carbocycles. The minimum absolute atomic E-state index is 0.229. The predicted molar refractivity (Wildman–Crippen MR) is 127 cm³/mol. The maximum Gasteiger partial charge on any atom is 0.409 e. The molecule has 1 aliphatic rings. The summed E-state index contributed by atoms with van der Waals surface area (Å²) in [5, 5.41) is 3.14. The molecular weight excluding hydrogens is 446 g/mol. The molecule has 11 nitrogen and oxygen atoms in total. The van der Waals surface area contributed by atoms with E-state index in [4.69, 9.17) is 10.5 Å². The standard InChI is InChI=1S/C21H31N7O4S/c1-4-28(5-2)33(30,31)17-9-7-16(8-10-17)25-19-18(22)20(24-15-23-19)26-11-13-27(14-12-26)21(29)32-6-3/h7-10,15H,4-6,11-14,22H2,1-3H3,(H,23,24,25). The van der Waals surface area contributed by atoms with Crippen LogP contribution in [0.4, 0.5) is 27.8 Å². The fourth-order valence-corrected chi connectivity index (χ4v) is 5.07. The third kappa shape index (κ3) is 5.45. The van der Waals surface area contributed by atoms with Gasteiger partial charge < -0.3 is 25.6 Å². The van der Waals surface area contributed by atoms with Crippen molar-refractivity contribution in [2.45, 2.75) is 25.7 Å². The topological polar surface area (TPSA) is 134 Å². The molecule has 2 heterocycles. The summed E-state index contributed by atoms with van der Waals surface area (Å²) in [7, 11) is -3.52. The Morgan fingerprint density at radius 2 is 1.73 bits per heavy atom. The number of hydrogen-bond donors (Lipinski definition) is 2. The zero-order chi connectivity index (χ0) is 24.0. The van der Waals surface area contributed by atoms with E-state index in [-0.39, 0.29) is 11.0 Å². The van der Waals surface area contributed by atoms with Gasteiger partial charge in [-0.05, 0) is 31.2 Å². The first-order valence-corrected chi connectivity index (χ1v) is 12.4. The largest absolute Gasteiger partial charge is 0.450 e. The van der Waals surface area contributed by atoms with Crippen LogP contribution < -0.4 is 16.0 Å². The van der Waals surface area contributed by atoms with Crippen molar-refractivity contribution in [2.24, 2.45) is 0 Å². The molecule has 1 amide bonds. The molecule has 0 saturated carbocycles. The first-order chi connectivity index (χ1) is 15.8. The van der Waals surface area contributed by atoms with Crippen LogP contribution in [0.15, 0.2) is 35.5 Å². The Bertz CT molecular complexity index is 1050. The van der Waals surface area contributed by atoms with Crippen LogP contribution in [0.1, 0.15) is 20.8 Å². The molecule has 1 saturated heterocycles. The second kappa shape index (κ2) is 10.7. The summed E-state index contributed by atoms with van der Waals surface area (Å²) in [5.74, 6) is 1.00. The molecule has 1 aromatic carbocycles. The van der Waals surface area contributed by atoms with Crippen molar-refractivity contribution in [3.05, 3.63) is 30.6 Å². The average Bonchev–Trinajstić information content (AvgIpc) is 2.82. The summed E-state index contributed by atoms with van der Waals surface area (Å²) in [6.07, 6.45) is 1.10. The molecule has 0 spiro atoms. The first kappa shape index (κ1) is 24.5. The third-order valence-electron chi connectivity index (χ3n) is 5.43. The molecule has 0 bridgehead atoms. The van der Waals surface area contributed by atoms with Crippen molar-refractivity contribution in [3.63, 3.8) is 0 Å². The molecule has 0 atom stereocenters. The van der Waals surface area contributed by atoms with Gasteiger partial charge in [0, 0.05) is 45.0 Å². The van der Waals surface area contributed by atoms with E-state index in [0.717, 1.165) is 0 Å². The number of piperazine rings is 1. The molecule has 1 aliphatic heterocycles. The molecule has 33 heavy (non-hydrogen) atoms. The van der Waals surface area contributed by atoms with Crippen LogP contribution in [0.2, 0.25) is 0 Å². The van der Waals surface area contributed by atoms with Crippen LogP contribution in [-0.4, -0.2) is 79.6 Å². The molecular formula is C21H31N7O4S. The Morgan fingerprint density at radius 1 is 1.09 bits per heavy atom. The number of carbonyl (C=O) groups is 1. The molecule has 3 rings (SSSR count). The zero-order valence-corrected chi connectivity index (χ0v) is 20.0. The number of nitrogens with two attached hydrogens (primary N) is 1. The molecule has 0 radical (unpaired) electrons. The summed E-state index contributed by atoms with van der Waals surface area (Å²) < 4.78 is 31.8. The van der Waals surface area contributed by atoms with Crippen molar-refractivity contribution < 1.29 is 17.9 Å². The maximum absolute atomic E-state index is 12.7. The van der Waals surface area contributed by atoms with E-state index < -0.39 is 10.0 Å². The highest BCUT2D eigenvalue weighted by Gasteiger charge is 2.25.